The average molecular weight is 602 g/mol. The number of hydrogen-bond acceptors (Lipinski definition) is 3. The molecule has 0 amide bonds. The molecule has 7 aromatic carbocycles. The lowest BCUT2D eigenvalue weighted by molar-refractivity contribution is 0.476. The van der Waals surface area contributed by atoms with Crippen LogP contribution in [0.4, 0.5) is 17.1 Å². The smallest absolute Gasteiger partial charge is 0.152 e. The van der Waals surface area contributed by atoms with E-state index in [0.717, 1.165) is 56.4 Å². The van der Waals surface area contributed by atoms with Gasteiger partial charge in [-0.3, -0.25) is 4.98 Å². The number of para-hydroxylation sites is 3. The summed E-state index contributed by atoms with van der Waals surface area (Å²) < 4.78 is 8.75. The van der Waals surface area contributed by atoms with Crippen LogP contribution in [-0.2, 0) is 0 Å². The molecule has 0 radical (unpaired) electrons. The van der Waals surface area contributed by atoms with Gasteiger partial charge in [-0.2, -0.15) is 0 Å². The van der Waals surface area contributed by atoms with Crippen LogP contribution in [0.1, 0.15) is 0 Å². The Bertz CT molecular complexity index is 2600. The Hall–Kier alpha value is -6.39. The minimum Gasteiger partial charge on any atom is -0.453 e. The predicted octanol–water partition coefficient (Wildman–Crippen LogP) is 11.7. The van der Waals surface area contributed by atoms with E-state index in [1.807, 2.05) is 30.6 Å². The van der Waals surface area contributed by atoms with Crippen molar-refractivity contribution < 1.29 is 4.74 Å². The summed E-state index contributed by atoms with van der Waals surface area (Å²) in [6.45, 7) is 0. The fraction of sp³-hybridized carbons (Fsp3) is 0. The first-order chi connectivity index (χ1) is 23.3. The van der Waals surface area contributed by atoms with Crippen molar-refractivity contribution in [1.82, 2.24) is 9.55 Å². The van der Waals surface area contributed by atoms with E-state index in [4.69, 9.17) is 4.74 Å². The molecule has 3 heterocycles. The summed E-state index contributed by atoms with van der Waals surface area (Å²) in [6.07, 6.45) is 3.73. The summed E-state index contributed by atoms with van der Waals surface area (Å²) in [6, 6.07) is 54.1. The molecule has 220 valence electrons. The topological polar surface area (TPSA) is 30.3 Å². The zero-order chi connectivity index (χ0) is 30.9. The number of nitrogens with zero attached hydrogens (tertiary/aromatic N) is 3. The largest absolute Gasteiger partial charge is 0.453 e. The summed E-state index contributed by atoms with van der Waals surface area (Å²) in [5.41, 5.74) is 8.87. The van der Waals surface area contributed by atoms with Gasteiger partial charge in [0.1, 0.15) is 0 Å². The van der Waals surface area contributed by atoms with E-state index in [2.05, 4.69) is 148 Å². The van der Waals surface area contributed by atoms with Gasteiger partial charge in [-0.1, -0.05) is 91.0 Å². The Morgan fingerprint density at radius 2 is 1.21 bits per heavy atom. The molecule has 1 aliphatic rings. The van der Waals surface area contributed by atoms with Gasteiger partial charge in [0.05, 0.1) is 22.4 Å². The standard InChI is InChI=1S/C43H27N3O/c1-3-12-34-29(9-1)25-30-10-2-4-13-35(30)42(34)45(32-20-18-28(19-21-32)31-11-8-24-44-27-31)33-22-23-38-37(26-33)36-14-7-17-41-43(36)46(38)39-15-5-6-16-40(39)47-41/h1-27H. The van der Waals surface area contributed by atoms with E-state index in [0.29, 0.717) is 0 Å². The van der Waals surface area contributed by atoms with Crippen LogP contribution in [0.3, 0.4) is 0 Å². The molecule has 0 spiro atoms. The summed E-state index contributed by atoms with van der Waals surface area (Å²) in [4.78, 5) is 6.77. The van der Waals surface area contributed by atoms with Gasteiger partial charge in [-0.15, -0.1) is 0 Å². The zero-order valence-corrected chi connectivity index (χ0v) is 25.3. The van der Waals surface area contributed by atoms with E-state index < -0.39 is 0 Å². The number of hydrogen-bond donors (Lipinski definition) is 0. The highest BCUT2D eigenvalue weighted by Crippen LogP contribution is 2.48. The van der Waals surface area contributed by atoms with Gasteiger partial charge in [-0.05, 0) is 82.6 Å². The van der Waals surface area contributed by atoms with Gasteiger partial charge in [0, 0.05) is 45.3 Å². The van der Waals surface area contributed by atoms with E-state index >= 15 is 0 Å². The Morgan fingerprint density at radius 3 is 2.00 bits per heavy atom. The van der Waals surface area contributed by atoms with E-state index in [9.17, 15) is 0 Å². The molecular formula is C43H27N3O. The maximum atomic E-state index is 6.40. The van der Waals surface area contributed by atoms with Crippen molar-refractivity contribution in [1.29, 1.82) is 0 Å². The third-order valence-corrected chi connectivity index (χ3v) is 9.40. The number of benzene rings is 7. The first kappa shape index (κ1) is 25.9. The quantitative estimate of drug-likeness (QED) is 0.188. The monoisotopic (exact) mass is 601 g/mol. The minimum absolute atomic E-state index is 0.867. The van der Waals surface area contributed by atoms with Crippen molar-refractivity contribution in [3.63, 3.8) is 0 Å². The first-order valence-electron chi connectivity index (χ1n) is 15.9. The number of pyridine rings is 1. The second-order valence-corrected chi connectivity index (χ2v) is 12.1. The van der Waals surface area contributed by atoms with Gasteiger partial charge in [0.2, 0.25) is 0 Å². The Balaban J connectivity index is 1.27. The van der Waals surface area contributed by atoms with E-state index in [-0.39, 0.29) is 0 Å². The van der Waals surface area contributed by atoms with Gasteiger partial charge < -0.3 is 14.2 Å². The molecule has 9 aromatic rings. The van der Waals surface area contributed by atoms with Crippen molar-refractivity contribution in [3.8, 4) is 28.3 Å². The second kappa shape index (κ2) is 10.1. The molecule has 1 aliphatic heterocycles. The van der Waals surface area contributed by atoms with Crippen LogP contribution in [-0.4, -0.2) is 9.55 Å². The Morgan fingerprint density at radius 1 is 0.511 bits per heavy atom. The lowest BCUT2D eigenvalue weighted by atomic mass is 9.98. The number of anilines is 3. The van der Waals surface area contributed by atoms with E-state index in [1.165, 1.54) is 32.3 Å². The van der Waals surface area contributed by atoms with Gasteiger partial charge in [0.25, 0.3) is 0 Å². The molecule has 0 N–H and O–H groups in total. The highest BCUT2D eigenvalue weighted by Gasteiger charge is 2.25. The van der Waals surface area contributed by atoms with Crippen LogP contribution in [0, 0.1) is 0 Å². The molecule has 0 saturated carbocycles. The van der Waals surface area contributed by atoms with Gasteiger partial charge in [-0.25, -0.2) is 0 Å². The number of fused-ring (bicyclic) bond motifs is 7. The fourth-order valence-corrected chi connectivity index (χ4v) is 7.32. The molecule has 47 heavy (non-hydrogen) atoms. The molecule has 0 saturated heterocycles. The van der Waals surface area contributed by atoms with Crippen molar-refractivity contribution in [2.24, 2.45) is 0 Å². The number of ether oxygens (including phenoxy) is 1. The predicted molar refractivity (Wildman–Crippen MR) is 194 cm³/mol. The molecular weight excluding hydrogens is 574 g/mol. The maximum Gasteiger partial charge on any atom is 0.152 e. The highest BCUT2D eigenvalue weighted by atomic mass is 16.5. The average Bonchev–Trinajstić information content (AvgIpc) is 3.47. The van der Waals surface area contributed by atoms with Gasteiger partial charge >= 0.3 is 0 Å². The van der Waals surface area contributed by atoms with Crippen LogP contribution >= 0.6 is 0 Å². The van der Waals surface area contributed by atoms with Crippen LogP contribution in [0.2, 0.25) is 0 Å². The lowest BCUT2D eigenvalue weighted by Crippen LogP contribution is -2.11. The summed E-state index contributed by atoms with van der Waals surface area (Å²) in [7, 11) is 0. The van der Waals surface area contributed by atoms with Gasteiger partial charge in [0.15, 0.2) is 11.5 Å². The van der Waals surface area contributed by atoms with Crippen LogP contribution in [0.5, 0.6) is 11.5 Å². The number of rotatable bonds is 4. The molecule has 0 unspecified atom stereocenters. The summed E-state index contributed by atoms with van der Waals surface area (Å²) in [5.74, 6) is 1.74. The Kier molecular flexibility index (Phi) is 5.54. The summed E-state index contributed by atoms with van der Waals surface area (Å²) >= 11 is 0. The van der Waals surface area contributed by atoms with Crippen LogP contribution < -0.4 is 9.64 Å². The molecule has 4 nitrogen and oxygen atoms in total. The molecule has 0 aliphatic carbocycles. The SMILES string of the molecule is c1cncc(-c2ccc(N(c3ccc4c(c3)c3cccc5c3n4-c3ccccc3O5)c3c4ccccc4cc4ccccc34)cc2)c1. The third-order valence-electron chi connectivity index (χ3n) is 9.40. The third kappa shape index (κ3) is 3.92. The normalized spacial score (nSPS) is 12.0. The van der Waals surface area contributed by atoms with Crippen molar-refractivity contribution in [2.45, 2.75) is 0 Å². The summed E-state index contributed by atoms with van der Waals surface area (Å²) in [5, 5.41) is 7.17. The first-order valence-corrected chi connectivity index (χ1v) is 15.9. The lowest BCUT2D eigenvalue weighted by Gasteiger charge is -2.29. The van der Waals surface area contributed by atoms with Crippen LogP contribution in [0.15, 0.2) is 164 Å². The van der Waals surface area contributed by atoms with Crippen molar-refractivity contribution in [3.05, 3.63) is 164 Å². The van der Waals surface area contributed by atoms with E-state index in [1.54, 1.807) is 0 Å². The number of aromatic nitrogens is 2. The second-order valence-electron chi connectivity index (χ2n) is 12.1. The van der Waals surface area contributed by atoms with Crippen molar-refractivity contribution >= 4 is 60.4 Å². The molecule has 0 bridgehead atoms. The zero-order valence-electron chi connectivity index (χ0n) is 25.3. The minimum atomic E-state index is 0.867. The molecule has 2 aromatic heterocycles. The molecule has 10 rings (SSSR count). The highest BCUT2D eigenvalue weighted by molar-refractivity contribution is 6.16. The molecule has 0 atom stereocenters. The fourth-order valence-electron chi connectivity index (χ4n) is 7.32. The Labute approximate surface area is 271 Å². The maximum absolute atomic E-state index is 6.40. The molecule has 0 fully saturated rings. The molecule has 4 heteroatoms. The van der Waals surface area contributed by atoms with Crippen LogP contribution in [0.25, 0.3) is 60.2 Å². The van der Waals surface area contributed by atoms with Crippen molar-refractivity contribution in [2.75, 3.05) is 4.90 Å².